The summed E-state index contributed by atoms with van der Waals surface area (Å²) < 4.78 is 5.33. The normalized spacial score (nSPS) is 26.6. The Morgan fingerprint density at radius 3 is 2.55 bits per heavy atom. The molecule has 0 aromatic heterocycles. The second-order valence-electron chi connectivity index (χ2n) is 6.69. The van der Waals surface area contributed by atoms with E-state index in [9.17, 15) is 5.11 Å². The highest BCUT2D eigenvalue weighted by Gasteiger charge is 2.31. The predicted octanol–water partition coefficient (Wildman–Crippen LogP) is 1.63. The van der Waals surface area contributed by atoms with Crippen molar-refractivity contribution in [1.82, 2.24) is 10.2 Å². The van der Waals surface area contributed by atoms with Gasteiger partial charge in [0.2, 0.25) is 0 Å². The summed E-state index contributed by atoms with van der Waals surface area (Å²) in [4.78, 5) is 2.58. The van der Waals surface area contributed by atoms with Gasteiger partial charge >= 0.3 is 0 Å². The van der Waals surface area contributed by atoms with Gasteiger partial charge in [0.15, 0.2) is 0 Å². The Morgan fingerprint density at radius 1 is 1.30 bits per heavy atom. The number of ether oxygens (including phenoxy) is 1. The van der Waals surface area contributed by atoms with Crippen molar-refractivity contribution < 1.29 is 9.84 Å². The molecule has 0 aromatic carbocycles. The SMILES string of the molecule is CCCN1CCC(C(C)NCC2(O)CCOCC2)CC1. The van der Waals surface area contributed by atoms with Crippen molar-refractivity contribution in [3.63, 3.8) is 0 Å². The summed E-state index contributed by atoms with van der Waals surface area (Å²) in [5.74, 6) is 0.756. The molecule has 2 heterocycles. The first-order valence-corrected chi connectivity index (χ1v) is 8.39. The molecule has 1 atom stereocenters. The fourth-order valence-electron chi connectivity index (χ4n) is 3.44. The molecule has 2 rings (SSSR count). The Hall–Kier alpha value is -0.160. The van der Waals surface area contributed by atoms with E-state index < -0.39 is 5.60 Å². The van der Waals surface area contributed by atoms with E-state index in [1.165, 1.54) is 38.9 Å². The van der Waals surface area contributed by atoms with Crippen molar-refractivity contribution in [3.8, 4) is 0 Å². The van der Waals surface area contributed by atoms with Gasteiger partial charge in [-0.05, 0) is 51.7 Å². The third-order valence-corrected chi connectivity index (χ3v) is 5.06. The molecule has 0 spiro atoms. The van der Waals surface area contributed by atoms with Gasteiger partial charge in [0.1, 0.15) is 0 Å². The van der Waals surface area contributed by atoms with Crippen LogP contribution in [0.3, 0.4) is 0 Å². The number of hydrogen-bond acceptors (Lipinski definition) is 4. The average molecular weight is 284 g/mol. The number of piperidine rings is 1. The van der Waals surface area contributed by atoms with Crippen LogP contribution in [-0.2, 0) is 4.74 Å². The Labute approximate surface area is 123 Å². The number of nitrogens with one attached hydrogen (secondary N) is 1. The van der Waals surface area contributed by atoms with Gasteiger partial charge < -0.3 is 20.1 Å². The molecular weight excluding hydrogens is 252 g/mol. The lowest BCUT2D eigenvalue weighted by Crippen LogP contribution is -2.50. The van der Waals surface area contributed by atoms with Crippen molar-refractivity contribution in [2.24, 2.45) is 5.92 Å². The molecule has 1 unspecified atom stereocenters. The Balaban J connectivity index is 1.68. The van der Waals surface area contributed by atoms with E-state index in [1.807, 2.05) is 0 Å². The Kier molecular flexibility index (Phi) is 6.27. The standard InChI is InChI=1S/C16H32N2O2/c1-3-8-18-9-4-15(5-10-18)14(2)17-13-16(19)6-11-20-12-7-16/h14-15,17,19H,3-13H2,1-2H3. The van der Waals surface area contributed by atoms with Crippen LogP contribution in [0, 0.1) is 5.92 Å². The maximum atomic E-state index is 10.5. The monoisotopic (exact) mass is 284 g/mol. The lowest BCUT2D eigenvalue weighted by atomic mass is 9.88. The Bertz CT molecular complexity index is 272. The van der Waals surface area contributed by atoms with Crippen molar-refractivity contribution in [2.75, 3.05) is 39.4 Å². The maximum Gasteiger partial charge on any atom is 0.0815 e. The summed E-state index contributed by atoms with van der Waals surface area (Å²) in [6, 6.07) is 0.505. The summed E-state index contributed by atoms with van der Waals surface area (Å²) in [5, 5.41) is 14.1. The molecule has 4 heteroatoms. The lowest BCUT2D eigenvalue weighted by Gasteiger charge is -2.37. The van der Waals surface area contributed by atoms with E-state index >= 15 is 0 Å². The summed E-state index contributed by atoms with van der Waals surface area (Å²) >= 11 is 0. The van der Waals surface area contributed by atoms with E-state index in [0.29, 0.717) is 25.8 Å². The zero-order valence-corrected chi connectivity index (χ0v) is 13.2. The maximum absolute atomic E-state index is 10.5. The van der Waals surface area contributed by atoms with Gasteiger partial charge in [-0.3, -0.25) is 0 Å². The van der Waals surface area contributed by atoms with Crippen LogP contribution in [0.5, 0.6) is 0 Å². The zero-order chi connectivity index (χ0) is 14.4. The second-order valence-corrected chi connectivity index (χ2v) is 6.69. The number of likely N-dealkylation sites (tertiary alicyclic amines) is 1. The average Bonchev–Trinajstić information content (AvgIpc) is 2.47. The van der Waals surface area contributed by atoms with Crippen LogP contribution >= 0.6 is 0 Å². The van der Waals surface area contributed by atoms with Crippen LogP contribution in [0.25, 0.3) is 0 Å². The molecule has 0 amide bonds. The van der Waals surface area contributed by atoms with Gasteiger partial charge in [-0.1, -0.05) is 6.92 Å². The first-order valence-electron chi connectivity index (χ1n) is 8.39. The fourth-order valence-corrected chi connectivity index (χ4v) is 3.44. The molecule has 118 valence electrons. The lowest BCUT2D eigenvalue weighted by molar-refractivity contribution is -0.0636. The van der Waals surface area contributed by atoms with Crippen LogP contribution in [0.2, 0.25) is 0 Å². The molecule has 20 heavy (non-hydrogen) atoms. The van der Waals surface area contributed by atoms with Gasteiger partial charge in [-0.2, -0.15) is 0 Å². The predicted molar refractivity (Wildman–Crippen MR) is 81.9 cm³/mol. The molecule has 2 aliphatic rings. The fraction of sp³-hybridized carbons (Fsp3) is 1.00. The van der Waals surface area contributed by atoms with Gasteiger partial charge in [-0.15, -0.1) is 0 Å². The Morgan fingerprint density at radius 2 is 1.95 bits per heavy atom. The summed E-state index contributed by atoms with van der Waals surface area (Å²) in [6.07, 6.45) is 5.36. The van der Waals surface area contributed by atoms with Crippen LogP contribution in [0.15, 0.2) is 0 Å². The van der Waals surface area contributed by atoms with E-state index in [-0.39, 0.29) is 0 Å². The van der Waals surface area contributed by atoms with E-state index in [0.717, 1.165) is 18.8 Å². The van der Waals surface area contributed by atoms with Gasteiger partial charge in [0.05, 0.1) is 5.60 Å². The molecule has 4 nitrogen and oxygen atoms in total. The van der Waals surface area contributed by atoms with Gasteiger partial charge in [0, 0.05) is 38.6 Å². The number of rotatable bonds is 6. The van der Waals surface area contributed by atoms with Crippen LogP contribution in [0.4, 0.5) is 0 Å². The van der Waals surface area contributed by atoms with Crippen LogP contribution in [0.1, 0.15) is 46.0 Å². The molecule has 2 fully saturated rings. The van der Waals surface area contributed by atoms with Crippen molar-refractivity contribution in [2.45, 2.75) is 57.6 Å². The topological polar surface area (TPSA) is 44.7 Å². The van der Waals surface area contributed by atoms with Crippen molar-refractivity contribution in [3.05, 3.63) is 0 Å². The largest absolute Gasteiger partial charge is 0.388 e. The molecule has 2 aliphatic heterocycles. The molecule has 2 N–H and O–H groups in total. The molecule has 0 aromatic rings. The minimum atomic E-state index is -0.546. The molecule has 2 saturated heterocycles. The summed E-state index contributed by atoms with van der Waals surface area (Å²) in [5.41, 5.74) is -0.546. The highest BCUT2D eigenvalue weighted by atomic mass is 16.5. The van der Waals surface area contributed by atoms with Gasteiger partial charge in [0.25, 0.3) is 0 Å². The molecule has 0 aliphatic carbocycles. The first kappa shape index (κ1) is 16.2. The minimum absolute atomic E-state index is 0.505. The highest BCUT2D eigenvalue weighted by Crippen LogP contribution is 2.23. The minimum Gasteiger partial charge on any atom is -0.388 e. The molecule has 0 bridgehead atoms. The van der Waals surface area contributed by atoms with Crippen LogP contribution < -0.4 is 5.32 Å². The molecular formula is C16H32N2O2. The van der Waals surface area contributed by atoms with Crippen LogP contribution in [-0.4, -0.2) is 61.0 Å². The third-order valence-electron chi connectivity index (χ3n) is 5.06. The number of nitrogens with zero attached hydrogens (tertiary/aromatic N) is 1. The van der Waals surface area contributed by atoms with E-state index in [4.69, 9.17) is 4.74 Å². The van der Waals surface area contributed by atoms with E-state index in [1.54, 1.807) is 0 Å². The third kappa shape index (κ3) is 4.69. The van der Waals surface area contributed by atoms with E-state index in [2.05, 4.69) is 24.1 Å². The smallest absolute Gasteiger partial charge is 0.0815 e. The second kappa shape index (κ2) is 7.74. The van der Waals surface area contributed by atoms with Gasteiger partial charge in [-0.25, -0.2) is 0 Å². The zero-order valence-electron chi connectivity index (χ0n) is 13.2. The quantitative estimate of drug-likeness (QED) is 0.778. The summed E-state index contributed by atoms with van der Waals surface area (Å²) in [7, 11) is 0. The summed E-state index contributed by atoms with van der Waals surface area (Å²) in [6.45, 7) is 10.4. The first-order chi connectivity index (χ1) is 9.63. The highest BCUT2D eigenvalue weighted by molar-refractivity contribution is 4.87. The van der Waals surface area contributed by atoms with Crippen molar-refractivity contribution >= 4 is 0 Å². The number of hydrogen-bond donors (Lipinski definition) is 2. The van der Waals surface area contributed by atoms with Crippen molar-refractivity contribution in [1.29, 1.82) is 0 Å². The number of aliphatic hydroxyl groups is 1. The molecule has 0 radical (unpaired) electrons. The molecule has 0 saturated carbocycles.